The Morgan fingerprint density at radius 3 is 2.29 bits per heavy atom. The third-order valence-corrected chi connectivity index (χ3v) is 6.27. The van der Waals surface area contributed by atoms with Crippen molar-refractivity contribution in [2.45, 2.75) is 13.0 Å². The summed E-state index contributed by atoms with van der Waals surface area (Å²) in [4.78, 5) is 9.37. The van der Waals surface area contributed by atoms with Crippen LogP contribution in [-0.4, -0.2) is 41.2 Å². The molecule has 3 aromatic carbocycles. The van der Waals surface area contributed by atoms with Crippen LogP contribution >= 0.6 is 0 Å². The Labute approximate surface area is 183 Å². The molecule has 31 heavy (non-hydrogen) atoms. The van der Waals surface area contributed by atoms with E-state index in [4.69, 9.17) is 0 Å². The zero-order valence-corrected chi connectivity index (χ0v) is 17.8. The van der Waals surface area contributed by atoms with Crippen LogP contribution in [0.3, 0.4) is 0 Å². The van der Waals surface area contributed by atoms with Crippen LogP contribution < -0.4 is 4.90 Å². The van der Waals surface area contributed by atoms with E-state index >= 15 is 0 Å². The summed E-state index contributed by atoms with van der Waals surface area (Å²) in [5.74, 6) is 0.286. The number of aromatic hydroxyl groups is 1. The predicted molar refractivity (Wildman–Crippen MR) is 127 cm³/mol. The third-order valence-electron chi connectivity index (χ3n) is 6.27. The number of rotatable bonds is 4. The summed E-state index contributed by atoms with van der Waals surface area (Å²) in [7, 11) is 0. The predicted octanol–water partition coefficient (Wildman–Crippen LogP) is 5.16. The van der Waals surface area contributed by atoms with Crippen molar-refractivity contribution in [1.82, 2.24) is 9.88 Å². The maximum Gasteiger partial charge on any atom is 0.146 e. The smallest absolute Gasteiger partial charge is 0.146 e. The van der Waals surface area contributed by atoms with Crippen molar-refractivity contribution in [1.29, 1.82) is 0 Å². The molecule has 1 atom stereocenters. The first-order valence-electron chi connectivity index (χ1n) is 10.9. The highest BCUT2D eigenvalue weighted by molar-refractivity contribution is 5.85. The summed E-state index contributed by atoms with van der Waals surface area (Å²) in [5.41, 5.74) is 5.29. The number of para-hydroxylation sites is 1. The first-order chi connectivity index (χ1) is 15.2. The molecule has 1 unspecified atom stereocenters. The van der Waals surface area contributed by atoms with Crippen LogP contribution in [-0.2, 0) is 0 Å². The quantitative estimate of drug-likeness (QED) is 0.505. The van der Waals surface area contributed by atoms with Gasteiger partial charge >= 0.3 is 0 Å². The van der Waals surface area contributed by atoms with Gasteiger partial charge in [0.25, 0.3) is 0 Å². The highest BCUT2D eigenvalue weighted by Gasteiger charge is 2.29. The Hall–Kier alpha value is -3.37. The normalized spacial score (nSPS) is 15.8. The Balaban J connectivity index is 1.50. The number of pyridine rings is 1. The standard InChI is InChI=1S/C27H27N3O/c1-20-9-11-22(12-10-20)26(24-14-13-21-6-5-15-28-25(21)27(24)31)30-18-16-29(17-19-30)23-7-3-2-4-8-23/h2-15,26,31H,16-19H2,1H3. The number of hydrogen-bond donors (Lipinski definition) is 1. The van der Waals surface area contributed by atoms with Crippen LogP contribution in [0.4, 0.5) is 5.69 Å². The Morgan fingerprint density at radius 2 is 1.55 bits per heavy atom. The van der Waals surface area contributed by atoms with Crippen LogP contribution in [0, 0.1) is 6.92 Å². The minimum Gasteiger partial charge on any atom is -0.505 e. The number of phenolic OH excluding ortho intramolecular Hbond substituents is 1. The summed E-state index contributed by atoms with van der Waals surface area (Å²) in [6.45, 7) is 5.87. The van der Waals surface area contributed by atoms with E-state index in [0.29, 0.717) is 5.52 Å². The molecule has 2 heterocycles. The monoisotopic (exact) mass is 409 g/mol. The molecular weight excluding hydrogens is 382 g/mol. The van der Waals surface area contributed by atoms with Gasteiger partial charge in [0.2, 0.25) is 0 Å². The highest BCUT2D eigenvalue weighted by Crippen LogP contribution is 2.38. The van der Waals surface area contributed by atoms with Gasteiger partial charge in [-0.2, -0.15) is 0 Å². The van der Waals surface area contributed by atoms with Gasteiger partial charge in [0.05, 0.1) is 6.04 Å². The molecule has 0 saturated carbocycles. The Morgan fingerprint density at radius 1 is 0.806 bits per heavy atom. The van der Waals surface area contributed by atoms with Gasteiger partial charge in [0, 0.05) is 49.0 Å². The molecule has 0 bridgehead atoms. The molecule has 4 aromatic rings. The number of benzene rings is 3. The first kappa shape index (κ1) is 19.6. The summed E-state index contributed by atoms with van der Waals surface area (Å²) < 4.78 is 0. The molecular formula is C27H27N3O. The molecule has 5 rings (SSSR count). The van der Waals surface area contributed by atoms with Crippen LogP contribution in [0.2, 0.25) is 0 Å². The van der Waals surface area contributed by atoms with Crippen molar-refractivity contribution in [2.24, 2.45) is 0 Å². The largest absolute Gasteiger partial charge is 0.505 e. The maximum atomic E-state index is 11.2. The minimum atomic E-state index is -0.00932. The van der Waals surface area contributed by atoms with Gasteiger partial charge in [-0.3, -0.25) is 9.88 Å². The first-order valence-corrected chi connectivity index (χ1v) is 10.9. The van der Waals surface area contributed by atoms with Gasteiger partial charge in [-0.1, -0.05) is 66.2 Å². The van der Waals surface area contributed by atoms with Crippen molar-refractivity contribution in [3.05, 3.63) is 102 Å². The van der Waals surface area contributed by atoms with Crippen LogP contribution in [0.25, 0.3) is 10.9 Å². The van der Waals surface area contributed by atoms with Crippen molar-refractivity contribution in [3.8, 4) is 5.75 Å². The minimum absolute atomic E-state index is 0.00932. The number of piperazine rings is 1. The molecule has 0 amide bonds. The molecule has 4 heteroatoms. The zero-order chi connectivity index (χ0) is 21.2. The fourth-order valence-electron chi connectivity index (χ4n) is 4.58. The number of phenols is 1. The lowest BCUT2D eigenvalue weighted by Gasteiger charge is -2.40. The van der Waals surface area contributed by atoms with E-state index in [1.807, 2.05) is 12.1 Å². The summed E-state index contributed by atoms with van der Waals surface area (Å²) in [6, 6.07) is 27.3. The molecule has 0 radical (unpaired) electrons. The SMILES string of the molecule is Cc1ccc(C(c2ccc3cccnc3c2O)N2CCN(c3ccccc3)CC2)cc1. The topological polar surface area (TPSA) is 39.6 Å². The van der Waals surface area contributed by atoms with Crippen LogP contribution in [0.15, 0.2) is 85.1 Å². The van der Waals surface area contributed by atoms with Crippen molar-refractivity contribution >= 4 is 16.6 Å². The lowest BCUT2D eigenvalue weighted by molar-refractivity contribution is 0.209. The third kappa shape index (κ3) is 3.87. The maximum absolute atomic E-state index is 11.2. The molecule has 1 saturated heterocycles. The second-order valence-corrected chi connectivity index (χ2v) is 8.25. The number of aromatic nitrogens is 1. The Kier molecular flexibility index (Phi) is 5.31. The van der Waals surface area contributed by atoms with E-state index in [1.165, 1.54) is 16.8 Å². The van der Waals surface area contributed by atoms with E-state index in [2.05, 4.69) is 88.4 Å². The zero-order valence-electron chi connectivity index (χ0n) is 17.8. The van der Waals surface area contributed by atoms with Crippen molar-refractivity contribution < 1.29 is 5.11 Å². The average molecular weight is 410 g/mol. The molecule has 1 aliphatic heterocycles. The second-order valence-electron chi connectivity index (χ2n) is 8.25. The highest BCUT2D eigenvalue weighted by atomic mass is 16.3. The molecule has 156 valence electrons. The molecule has 1 N–H and O–H groups in total. The molecule has 1 aromatic heterocycles. The van der Waals surface area contributed by atoms with E-state index in [0.717, 1.165) is 37.1 Å². The van der Waals surface area contributed by atoms with Crippen LogP contribution in [0.1, 0.15) is 22.7 Å². The van der Waals surface area contributed by atoms with Gasteiger partial charge in [-0.15, -0.1) is 0 Å². The van der Waals surface area contributed by atoms with E-state index in [1.54, 1.807) is 6.20 Å². The molecule has 0 aliphatic carbocycles. The summed E-state index contributed by atoms with van der Waals surface area (Å²) in [6.07, 6.45) is 1.74. The fraction of sp³-hybridized carbons (Fsp3) is 0.222. The molecule has 4 nitrogen and oxygen atoms in total. The number of aryl methyl sites for hydroxylation is 1. The number of nitrogens with zero attached hydrogens (tertiary/aromatic N) is 3. The lowest BCUT2D eigenvalue weighted by atomic mass is 9.93. The van der Waals surface area contributed by atoms with Gasteiger partial charge in [0.15, 0.2) is 0 Å². The summed E-state index contributed by atoms with van der Waals surface area (Å²) >= 11 is 0. The second kappa shape index (κ2) is 8.40. The lowest BCUT2D eigenvalue weighted by Crippen LogP contribution is -2.48. The molecule has 1 fully saturated rings. The van der Waals surface area contributed by atoms with Crippen molar-refractivity contribution in [3.63, 3.8) is 0 Å². The fourth-order valence-corrected chi connectivity index (χ4v) is 4.58. The van der Waals surface area contributed by atoms with Gasteiger partial charge in [-0.05, 0) is 30.7 Å². The number of fused-ring (bicyclic) bond motifs is 1. The van der Waals surface area contributed by atoms with Gasteiger partial charge in [0.1, 0.15) is 11.3 Å². The molecule has 0 spiro atoms. The van der Waals surface area contributed by atoms with Gasteiger partial charge < -0.3 is 10.0 Å². The van der Waals surface area contributed by atoms with Crippen molar-refractivity contribution in [2.75, 3.05) is 31.1 Å². The van der Waals surface area contributed by atoms with E-state index in [9.17, 15) is 5.11 Å². The van der Waals surface area contributed by atoms with Crippen LogP contribution in [0.5, 0.6) is 5.75 Å². The number of anilines is 1. The summed E-state index contributed by atoms with van der Waals surface area (Å²) in [5, 5.41) is 12.2. The Bertz CT molecular complexity index is 1170. The number of hydrogen-bond acceptors (Lipinski definition) is 4. The van der Waals surface area contributed by atoms with E-state index < -0.39 is 0 Å². The average Bonchev–Trinajstić information content (AvgIpc) is 2.83. The van der Waals surface area contributed by atoms with E-state index in [-0.39, 0.29) is 11.8 Å². The molecule has 1 aliphatic rings. The van der Waals surface area contributed by atoms with Gasteiger partial charge in [-0.25, -0.2) is 0 Å².